The van der Waals surface area contributed by atoms with Crippen LogP contribution in [0.4, 0.5) is 5.00 Å². The molecule has 1 aliphatic rings. The molecule has 2 aromatic carbocycles. The molecule has 1 amide bonds. The average Bonchev–Trinajstić information content (AvgIpc) is 3.57. The number of nitrogens with one attached hydrogen (secondary N) is 1. The van der Waals surface area contributed by atoms with E-state index in [-0.39, 0.29) is 22.3 Å². The predicted molar refractivity (Wildman–Crippen MR) is 147 cm³/mol. The van der Waals surface area contributed by atoms with Gasteiger partial charge in [-0.05, 0) is 48.7 Å². The number of benzene rings is 2. The molecular formula is C26H19Cl2NO7S2. The largest absolute Gasteiger partial charge is 0.465 e. The van der Waals surface area contributed by atoms with Crippen molar-refractivity contribution in [1.82, 2.24) is 0 Å². The number of hydrogen-bond donors (Lipinski definition) is 1. The molecule has 5 rings (SSSR count). The van der Waals surface area contributed by atoms with E-state index >= 15 is 0 Å². The van der Waals surface area contributed by atoms with Gasteiger partial charge in [0.05, 0.1) is 17.7 Å². The maximum atomic E-state index is 12.7. The first kappa shape index (κ1) is 26.3. The van der Waals surface area contributed by atoms with Crippen molar-refractivity contribution in [2.75, 3.05) is 25.8 Å². The van der Waals surface area contributed by atoms with E-state index in [1.54, 1.807) is 18.2 Å². The van der Waals surface area contributed by atoms with E-state index in [1.165, 1.54) is 18.4 Å². The molecule has 0 spiro atoms. The third-order valence-corrected chi connectivity index (χ3v) is 8.72. The van der Waals surface area contributed by atoms with Crippen molar-refractivity contribution >= 4 is 78.8 Å². The van der Waals surface area contributed by atoms with Gasteiger partial charge in [0.25, 0.3) is 5.91 Å². The molecule has 4 aromatic rings. The van der Waals surface area contributed by atoms with Gasteiger partial charge in [-0.15, -0.1) is 22.7 Å². The van der Waals surface area contributed by atoms with E-state index in [0.717, 1.165) is 26.5 Å². The second kappa shape index (κ2) is 10.8. The fourth-order valence-electron chi connectivity index (χ4n) is 3.98. The first-order valence-corrected chi connectivity index (χ1v) is 13.6. The molecule has 2 aromatic heterocycles. The highest BCUT2D eigenvalue weighted by Gasteiger charge is 2.26. The number of carbonyl (C=O) groups excluding carboxylic acids is 3. The molecule has 1 N–H and O–H groups in total. The molecule has 8 nitrogen and oxygen atoms in total. The zero-order chi connectivity index (χ0) is 27.0. The number of halogens is 2. The molecule has 0 radical (unpaired) electrons. The van der Waals surface area contributed by atoms with Gasteiger partial charge in [-0.25, -0.2) is 9.59 Å². The molecule has 0 atom stereocenters. The number of carbonyl (C=O) groups is 3. The average molecular weight is 592 g/mol. The van der Waals surface area contributed by atoms with E-state index in [9.17, 15) is 14.4 Å². The van der Waals surface area contributed by atoms with Crippen molar-refractivity contribution in [1.29, 1.82) is 0 Å². The van der Waals surface area contributed by atoms with Crippen molar-refractivity contribution in [3.05, 3.63) is 72.9 Å². The Balaban J connectivity index is 1.31. The lowest BCUT2D eigenvalue weighted by Crippen LogP contribution is -2.21. The molecule has 38 heavy (non-hydrogen) atoms. The molecule has 0 saturated heterocycles. The minimum absolute atomic E-state index is 0.161. The summed E-state index contributed by atoms with van der Waals surface area (Å²) in [5.74, 6) is -0.645. The molecule has 0 unspecified atom stereocenters. The number of ether oxygens (including phenoxy) is 4. The van der Waals surface area contributed by atoms with Crippen LogP contribution in [0, 0.1) is 6.92 Å². The summed E-state index contributed by atoms with van der Waals surface area (Å²) in [7, 11) is 1.27. The van der Waals surface area contributed by atoms with Crippen LogP contribution in [-0.2, 0) is 20.7 Å². The highest BCUT2D eigenvalue weighted by molar-refractivity contribution is 7.21. The summed E-state index contributed by atoms with van der Waals surface area (Å²) in [6, 6.07) is 10.6. The Morgan fingerprint density at radius 1 is 1.03 bits per heavy atom. The number of hydrogen-bond acceptors (Lipinski definition) is 9. The van der Waals surface area contributed by atoms with E-state index in [0.29, 0.717) is 38.9 Å². The zero-order valence-corrected chi connectivity index (χ0v) is 23.2. The summed E-state index contributed by atoms with van der Waals surface area (Å²) in [6.45, 7) is 1.44. The van der Waals surface area contributed by atoms with Gasteiger partial charge < -0.3 is 24.3 Å². The molecule has 12 heteroatoms. The van der Waals surface area contributed by atoms with Gasteiger partial charge in [0.1, 0.15) is 9.88 Å². The van der Waals surface area contributed by atoms with Crippen LogP contribution in [0.25, 0.3) is 10.1 Å². The monoisotopic (exact) mass is 591 g/mol. The molecule has 3 heterocycles. The number of fused-ring (bicyclic) bond motifs is 2. The van der Waals surface area contributed by atoms with Gasteiger partial charge in [0.15, 0.2) is 18.1 Å². The summed E-state index contributed by atoms with van der Waals surface area (Å²) < 4.78 is 21.7. The predicted octanol–water partition coefficient (Wildman–Crippen LogP) is 6.48. The molecule has 1 aliphatic heterocycles. The van der Waals surface area contributed by atoms with Crippen molar-refractivity contribution in [3.8, 4) is 11.5 Å². The van der Waals surface area contributed by atoms with Crippen molar-refractivity contribution in [2.24, 2.45) is 0 Å². The number of anilines is 1. The van der Waals surface area contributed by atoms with Crippen LogP contribution >= 0.6 is 45.9 Å². The number of rotatable bonds is 7. The van der Waals surface area contributed by atoms with Crippen LogP contribution in [0.15, 0.2) is 36.4 Å². The van der Waals surface area contributed by atoms with Gasteiger partial charge in [0.2, 0.25) is 6.79 Å². The Morgan fingerprint density at radius 3 is 2.61 bits per heavy atom. The third-order valence-electron chi connectivity index (χ3n) is 5.78. The first-order valence-electron chi connectivity index (χ1n) is 11.2. The number of aryl methyl sites for hydroxylation is 1. The number of methoxy groups -OCH3 is 1. The van der Waals surface area contributed by atoms with Crippen molar-refractivity contribution in [3.63, 3.8) is 0 Å². The summed E-state index contributed by atoms with van der Waals surface area (Å²) in [5, 5.41) is 4.41. The summed E-state index contributed by atoms with van der Waals surface area (Å²) >= 11 is 14.7. The number of esters is 2. The van der Waals surface area contributed by atoms with Crippen LogP contribution in [0.1, 0.15) is 36.0 Å². The fourth-order valence-corrected chi connectivity index (χ4v) is 6.74. The van der Waals surface area contributed by atoms with Crippen LogP contribution in [0.2, 0.25) is 10.0 Å². The molecule has 196 valence electrons. The molecular weight excluding hydrogens is 573 g/mol. The topological polar surface area (TPSA) is 100 Å². The summed E-state index contributed by atoms with van der Waals surface area (Å²) in [6.07, 6.45) is 0.405. The van der Waals surface area contributed by atoms with E-state index < -0.39 is 24.5 Å². The van der Waals surface area contributed by atoms with Gasteiger partial charge in [-0.2, -0.15) is 0 Å². The quantitative estimate of drug-likeness (QED) is 0.245. The Morgan fingerprint density at radius 2 is 1.82 bits per heavy atom. The highest BCUT2D eigenvalue weighted by atomic mass is 35.5. The fraction of sp³-hybridized carbons (Fsp3) is 0.192. The summed E-state index contributed by atoms with van der Waals surface area (Å²) in [5.41, 5.74) is 1.86. The lowest BCUT2D eigenvalue weighted by Gasteiger charge is -2.09. The molecule has 0 saturated carbocycles. The maximum absolute atomic E-state index is 12.7. The molecule has 0 fully saturated rings. The minimum atomic E-state index is -0.735. The van der Waals surface area contributed by atoms with Crippen LogP contribution in [0.3, 0.4) is 0 Å². The minimum Gasteiger partial charge on any atom is -0.465 e. The Hall–Kier alpha value is -3.31. The SMILES string of the molecule is COC(=O)c1c(NC(=O)COC(=O)c2sc3cc(Cl)ccc3c2Cl)sc(C)c1Cc1ccc2c(c1)OCO2. The summed E-state index contributed by atoms with van der Waals surface area (Å²) in [4.78, 5) is 39.1. The van der Waals surface area contributed by atoms with Crippen LogP contribution in [-0.4, -0.2) is 38.4 Å². The maximum Gasteiger partial charge on any atom is 0.350 e. The Labute approximate surface area is 235 Å². The molecule has 0 bridgehead atoms. The van der Waals surface area contributed by atoms with Gasteiger partial charge in [-0.3, -0.25) is 4.79 Å². The lowest BCUT2D eigenvalue weighted by molar-refractivity contribution is -0.119. The smallest absolute Gasteiger partial charge is 0.350 e. The van der Waals surface area contributed by atoms with Gasteiger partial charge in [0, 0.05) is 20.0 Å². The van der Waals surface area contributed by atoms with Crippen LogP contribution in [0.5, 0.6) is 11.5 Å². The number of amides is 1. The van der Waals surface area contributed by atoms with E-state index in [4.69, 9.17) is 42.1 Å². The lowest BCUT2D eigenvalue weighted by atomic mass is 10.0. The zero-order valence-electron chi connectivity index (χ0n) is 20.0. The molecule has 0 aliphatic carbocycles. The van der Waals surface area contributed by atoms with Crippen LogP contribution < -0.4 is 14.8 Å². The standard InChI is InChI=1S/C26H19Cl2NO7S2/c1-12-16(7-13-3-6-17-18(8-13)36-11-35-17)21(25(31)33-2)24(37-12)29-20(30)10-34-26(32)23-22(28)15-5-4-14(27)9-19(15)38-23/h3-6,8-9H,7,10-11H2,1-2H3,(H,29,30). The normalized spacial score (nSPS) is 12.0. The van der Waals surface area contributed by atoms with Crippen molar-refractivity contribution in [2.45, 2.75) is 13.3 Å². The van der Waals surface area contributed by atoms with Gasteiger partial charge >= 0.3 is 11.9 Å². The van der Waals surface area contributed by atoms with E-state index in [2.05, 4.69) is 5.32 Å². The Bertz CT molecular complexity index is 1590. The van der Waals surface area contributed by atoms with Gasteiger partial charge in [-0.1, -0.05) is 35.3 Å². The van der Waals surface area contributed by atoms with Crippen molar-refractivity contribution < 1.29 is 33.3 Å². The highest BCUT2D eigenvalue weighted by Crippen LogP contribution is 2.39. The Kier molecular flexibility index (Phi) is 7.49. The number of thiophene rings is 2. The first-order chi connectivity index (χ1) is 18.2. The second-order valence-corrected chi connectivity index (χ2v) is 11.3. The van der Waals surface area contributed by atoms with E-state index in [1.807, 2.05) is 25.1 Å². The third kappa shape index (κ3) is 5.17. The second-order valence-electron chi connectivity index (χ2n) is 8.21.